The molecule has 2 N–H and O–H groups in total. The van der Waals surface area contributed by atoms with Crippen LogP contribution in [0.25, 0.3) is 0 Å². The molecule has 5 bridgehead atoms. The van der Waals surface area contributed by atoms with Crippen LogP contribution < -0.4 is 5.32 Å². The summed E-state index contributed by atoms with van der Waals surface area (Å²) in [6, 6.07) is 7.71. The summed E-state index contributed by atoms with van der Waals surface area (Å²) in [4.78, 5) is 59.0. The summed E-state index contributed by atoms with van der Waals surface area (Å²) in [5.41, 5.74) is -0.532. The van der Waals surface area contributed by atoms with Crippen molar-refractivity contribution >= 4 is 39.6 Å². The Bertz CT molecular complexity index is 1290. The number of amides is 3. The number of nitrogens with one attached hydrogen (secondary N) is 1. The topological polar surface area (TPSA) is 125 Å². The number of hydrogen-bond acceptors (Lipinski definition) is 7. The van der Waals surface area contributed by atoms with Crippen LogP contribution in [0.1, 0.15) is 63.5 Å². The average Bonchev–Trinajstić information content (AvgIpc) is 3.61. The van der Waals surface area contributed by atoms with Crippen molar-refractivity contribution in [1.29, 1.82) is 0 Å². The van der Waals surface area contributed by atoms with Crippen LogP contribution in [0.4, 0.5) is 0 Å². The van der Waals surface area contributed by atoms with Gasteiger partial charge in [0.25, 0.3) is 0 Å². The van der Waals surface area contributed by atoms with E-state index in [2.05, 4.69) is 28.2 Å². The van der Waals surface area contributed by atoms with E-state index in [0.29, 0.717) is 49.8 Å². The van der Waals surface area contributed by atoms with Crippen molar-refractivity contribution in [3.63, 3.8) is 0 Å². The lowest BCUT2D eigenvalue weighted by Gasteiger charge is -2.36. The molecule has 6 atom stereocenters. The molecule has 3 amide bonds. The second-order valence-electron chi connectivity index (χ2n) is 11.9. The van der Waals surface area contributed by atoms with Gasteiger partial charge < -0.3 is 29.7 Å². The fourth-order valence-corrected chi connectivity index (χ4v) is 7.60. The summed E-state index contributed by atoms with van der Waals surface area (Å²) in [5.74, 6) is -3.05. The predicted molar refractivity (Wildman–Crippen MR) is 166 cm³/mol. The van der Waals surface area contributed by atoms with Gasteiger partial charge in [-0.3, -0.25) is 19.2 Å². The minimum Gasteiger partial charge on any atom is -0.463 e. The molecule has 10 nitrogen and oxygen atoms in total. The highest BCUT2D eigenvalue weighted by Crippen LogP contribution is 2.58. The Balaban J connectivity index is 1.55. The maximum atomic E-state index is 14.5. The Hall–Kier alpha value is -3.02. The third-order valence-corrected chi connectivity index (χ3v) is 9.73. The van der Waals surface area contributed by atoms with Crippen molar-refractivity contribution in [3.8, 4) is 0 Å². The van der Waals surface area contributed by atoms with Gasteiger partial charge >= 0.3 is 5.97 Å². The van der Waals surface area contributed by atoms with Gasteiger partial charge in [0, 0.05) is 37.1 Å². The largest absolute Gasteiger partial charge is 0.463 e. The van der Waals surface area contributed by atoms with E-state index >= 15 is 0 Å². The first-order valence-electron chi connectivity index (χ1n) is 15.7. The molecule has 4 heterocycles. The van der Waals surface area contributed by atoms with Crippen LogP contribution in [-0.2, 0) is 28.7 Å². The van der Waals surface area contributed by atoms with Gasteiger partial charge in [-0.2, -0.15) is 0 Å². The zero-order valence-electron chi connectivity index (χ0n) is 25.2. The third kappa shape index (κ3) is 6.37. The molecule has 1 aromatic rings. The molecule has 11 heteroatoms. The SMILES string of the molecule is CCCCN1C/C=C\CCC(=O)OC[C@H](c2ccccc2)NC(=O)[C@H]2[C@@H]3O[C@@]4(C=C3Br)[C@@H]2C(=O)N(CCCCCO)[C@@H]4C1=O. The van der Waals surface area contributed by atoms with Gasteiger partial charge in [-0.05, 0) is 43.7 Å². The Morgan fingerprint density at radius 2 is 1.82 bits per heavy atom. The predicted octanol–water partition coefficient (Wildman–Crippen LogP) is 3.40. The lowest BCUT2D eigenvalue weighted by atomic mass is 9.74. The number of hydrogen-bond donors (Lipinski definition) is 2. The molecule has 5 rings (SSSR count). The van der Waals surface area contributed by atoms with E-state index in [1.165, 1.54) is 0 Å². The van der Waals surface area contributed by atoms with Gasteiger partial charge in [0.2, 0.25) is 17.7 Å². The first kappa shape index (κ1) is 32.4. The number of benzene rings is 1. The van der Waals surface area contributed by atoms with Crippen LogP contribution in [0.5, 0.6) is 0 Å². The number of carbonyl (C=O) groups excluding carboxylic acids is 4. The van der Waals surface area contributed by atoms with Crippen molar-refractivity contribution in [2.24, 2.45) is 11.8 Å². The first-order valence-corrected chi connectivity index (χ1v) is 16.5. The number of cyclic esters (lactones) is 1. The Kier molecular flexibility index (Phi) is 10.6. The molecule has 2 saturated heterocycles. The quantitative estimate of drug-likeness (QED) is 0.234. The highest BCUT2D eigenvalue weighted by molar-refractivity contribution is 9.11. The lowest BCUT2D eigenvalue weighted by molar-refractivity contribution is -0.148. The summed E-state index contributed by atoms with van der Waals surface area (Å²) >= 11 is 3.61. The van der Waals surface area contributed by atoms with E-state index in [4.69, 9.17) is 9.47 Å². The number of halogens is 1. The maximum Gasteiger partial charge on any atom is 0.306 e. The van der Waals surface area contributed by atoms with Crippen molar-refractivity contribution in [2.45, 2.75) is 75.7 Å². The molecule has 0 radical (unpaired) electrons. The number of unbranched alkanes of at least 4 members (excludes halogenated alkanes) is 3. The van der Waals surface area contributed by atoms with Crippen LogP contribution in [0, 0.1) is 11.8 Å². The van der Waals surface area contributed by atoms with Crippen LogP contribution in [0.2, 0.25) is 0 Å². The standard InChI is InChI=1S/C33H42BrN3O7/c1-2-3-16-36-17-10-5-9-15-25(39)43-21-24(22-13-7-4-8-14-22)35-30(40)26-27-31(41)37(18-11-6-12-19-38)29(32(36)42)33(27)20-23(34)28(26)44-33/h4-5,7-8,10,13-14,20,24,26-29,38H,2-3,6,9,11-12,15-19,21H2,1H3,(H,35,40)/b10-5-/t24-,26-,27+,28-,29-,33+/m1/s1. The number of fused-ring (bicyclic) bond motifs is 2. The molecule has 0 aliphatic carbocycles. The number of aliphatic hydroxyl groups excluding tert-OH is 1. The van der Waals surface area contributed by atoms with Crippen molar-refractivity contribution < 1.29 is 33.8 Å². The van der Waals surface area contributed by atoms with Crippen molar-refractivity contribution in [3.05, 3.63) is 58.6 Å². The molecule has 4 aliphatic rings. The monoisotopic (exact) mass is 671 g/mol. The lowest BCUT2D eigenvalue weighted by Crippen LogP contribution is -2.56. The molecular formula is C33H42BrN3O7. The minimum atomic E-state index is -1.30. The summed E-state index contributed by atoms with van der Waals surface area (Å²) in [5, 5.41) is 12.4. The Morgan fingerprint density at radius 3 is 2.57 bits per heavy atom. The molecule has 44 heavy (non-hydrogen) atoms. The van der Waals surface area contributed by atoms with Gasteiger partial charge in [0.15, 0.2) is 0 Å². The van der Waals surface area contributed by atoms with Gasteiger partial charge in [-0.1, -0.05) is 71.8 Å². The number of allylic oxidation sites excluding steroid dienone is 1. The molecule has 0 unspecified atom stereocenters. The number of likely N-dealkylation sites (tertiary alicyclic amines) is 1. The molecule has 2 fully saturated rings. The molecular weight excluding hydrogens is 630 g/mol. The third-order valence-electron chi connectivity index (χ3n) is 9.05. The first-order chi connectivity index (χ1) is 21.3. The zero-order valence-corrected chi connectivity index (χ0v) is 26.7. The number of rotatable bonds is 9. The zero-order chi connectivity index (χ0) is 31.3. The smallest absolute Gasteiger partial charge is 0.306 e. The van der Waals surface area contributed by atoms with Gasteiger partial charge in [0.1, 0.15) is 24.4 Å². The summed E-state index contributed by atoms with van der Waals surface area (Å²) in [6.45, 7) is 3.21. The van der Waals surface area contributed by atoms with Crippen LogP contribution in [-0.4, -0.2) is 89.2 Å². The Morgan fingerprint density at radius 1 is 1.02 bits per heavy atom. The van der Waals surface area contributed by atoms with E-state index in [1.807, 2.05) is 48.6 Å². The number of nitrogens with zero attached hydrogens (tertiary/aromatic N) is 2. The number of carbonyl (C=O) groups is 4. The summed E-state index contributed by atoms with van der Waals surface area (Å²) in [6.07, 6.45) is 9.07. The molecule has 1 spiro atoms. The minimum absolute atomic E-state index is 0.0554. The number of aliphatic hydroxyl groups is 1. The number of esters is 1. The maximum absolute atomic E-state index is 14.5. The van der Waals surface area contributed by atoms with Crippen molar-refractivity contribution in [2.75, 3.05) is 32.8 Å². The van der Waals surface area contributed by atoms with E-state index in [9.17, 15) is 24.3 Å². The van der Waals surface area contributed by atoms with E-state index in [1.54, 1.807) is 9.80 Å². The molecule has 0 saturated carbocycles. The van der Waals surface area contributed by atoms with Crippen LogP contribution in [0.15, 0.2) is 53.0 Å². The molecule has 0 aromatic heterocycles. The molecule has 4 aliphatic heterocycles. The van der Waals surface area contributed by atoms with E-state index in [-0.39, 0.29) is 37.4 Å². The number of ether oxygens (including phenoxy) is 2. The van der Waals surface area contributed by atoms with Gasteiger partial charge in [-0.15, -0.1) is 0 Å². The highest BCUT2D eigenvalue weighted by Gasteiger charge is 2.74. The average molecular weight is 673 g/mol. The van der Waals surface area contributed by atoms with E-state index in [0.717, 1.165) is 18.4 Å². The van der Waals surface area contributed by atoms with Crippen LogP contribution in [0.3, 0.4) is 0 Å². The highest BCUT2D eigenvalue weighted by atomic mass is 79.9. The second-order valence-corrected chi connectivity index (χ2v) is 12.9. The normalized spacial score (nSPS) is 31.5. The van der Waals surface area contributed by atoms with Gasteiger partial charge in [0.05, 0.1) is 17.9 Å². The van der Waals surface area contributed by atoms with Crippen molar-refractivity contribution in [1.82, 2.24) is 15.1 Å². The second kappa shape index (κ2) is 14.4. The molecule has 1 aromatic carbocycles. The fraction of sp³-hybridized carbons (Fsp3) is 0.576. The Labute approximate surface area is 266 Å². The summed E-state index contributed by atoms with van der Waals surface area (Å²) < 4.78 is 12.8. The molecule has 238 valence electrons. The fourth-order valence-electron chi connectivity index (χ4n) is 6.86. The van der Waals surface area contributed by atoms with Gasteiger partial charge in [-0.25, -0.2) is 0 Å². The summed E-state index contributed by atoms with van der Waals surface area (Å²) in [7, 11) is 0. The van der Waals surface area contributed by atoms with E-state index < -0.39 is 41.5 Å². The van der Waals surface area contributed by atoms with Crippen LogP contribution >= 0.6 is 15.9 Å².